The maximum atomic E-state index is 11.7. The molecular formula is C27H30ClNO4. The van der Waals surface area contributed by atoms with E-state index in [9.17, 15) is 14.7 Å². The molecule has 0 fully saturated rings. The average molecular weight is 468 g/mol. The van der Waals surface area contributed by atoms with Gasteiger partial charge in [-0.25, -0.2) is 0 Å². The molecule has 2 heterocycles. The Morgan fingerprint density at radius 1 is 1.03 bits per heavy atom. The van der Waals surface area contributed by atoms with Crippen molar-refractivity contribution in [2.45, 2.75) is 47.1 Å². The lowest BCUT2D eigenvalue weighted by Crippen LogP contribution is -2.15. The SMILES string of the molecule is CC1(C)Cc2c(-c3ccccc3)c(-c3ccc(Cl)cc3)c(CC(=O)O)n2C1.CCOC(C)=O. The molecule has 5 nitrogen and oxygen atoms in total. The zero-order valence-electron chi connectivity index (χ0n) is 19.5. The topological polar surface area (TPSA) is 68.5 Å². The van der Waals surface area contributed by atoms with Crippen LogP contribution >= 0.6 is 11.6 Å². The summed E-state index contributed by atoms with van der Waals surface area (Å²) < 4.78 is 6.64. The maximum absolute atomic E-state index is 11.7. The molecule has 0 aliphatic carbocycles. The summed E-state index contributed by atoms with van der Waals surface area (Å²) in [6, 6.07) is 18.0. The van der Waals surface area contributed by atoms with E-state index in [4.69, 9.17) is 11.6 Å². The number of nitrogens with zero attached hydrogens (tertiary/aromatic N) is 1. The van der Waals surface area contributed by atoms with Gasteiger partial charge in [0.25, 0.3) is 0 Å². The third-order valence-corrected chi connectivity index (χ3v) is 5.82. The number of carbonyl (C=O) groups is 2. The predicted octanol–water partition coefficient (Wildman–Crippen LogP) is 6.25. The molecule has 174 valence electrons. The Labute approximate surface area is 200 Å². The highest BCUT2D eigenvalue weighted by Gasteiger charge is 2.36. The number of esters is 1. The zero-order valence-corrected chi connectivity index (χ0v) is 20.3. The third-order valence-electron chi connectivity index (χ3n) is 5.57. The molecule has 0 atom stereocenters. The molecule has 1 aromatic heterocycles. The zero-order chi connectivity index (χ0) is 24.2. The highest BCUT2D eigenvalue weighted by Crippen LogP contribution is 2.47. The van der Waals surface area contributed by atoms with E-state index in [-0.39, 0.29) is 17.8 Å². The Morgan fingerprint density at radius 3 is 2.15 bits per heavy atom. The fraction of sp³-hybridized carbons (Fsp3) is 0.333. The second kappa shape index (κ2) is 10.3. The maximum Gasteiger partial charge on any atom is 0.309 e. The quantitative estimate of drug-likeness (QED) is 0.450. The van der Waals surface area contributed by atoms with E-state index in [0.29, 0.717) is 11.6 Å². The van der Waals surface area contributed by atoms with Crippen molar-refractivity contribution in [3.05, 3.63) is 71.0 Å². The Bertz CT molecular complexity index is 1130. The van der Waals surface area contributed by atoms with Crippen LogP contribution in [-0.2, 0) is 33.7 Å². The number of carboxylic acids is 1. The summed E-state index contributed by atoms with van der Waals surface area (Å²) in [4.78, 5) is 21.5. The second-order valence-corrected chi connectivity index (χ2v) is 9.37. The van der Waals surface area contributed by atoms with Crippen molar-refractivity contribution in [2.75, 3.05) is 6.61 Å². The van der Waals surface area contributed by atoms with Crippen LogP contribution in [0.3, 0.4) is 0 Å². The Kier molecular flexibility index (Phi) is 7.65. The minimum Gasteiger partial charge on any atom is -0.481 e. The largest absolute Gasteiger partial charge is 0.481 e. The number of hydrogen-bond donors (Lipinski definition) is 1. The van der Waals surface area contributed by atoms with E-state index >= 15 is 0 Å². The van der Waals surface area contributed by atoms with Crippen molar-refractivity contribution >= 4 is 23.5 Å². The van der Waals surface area contributed by atoms with Crippen LogP contribution < -0.4 is 0 Å². The molecule has 0 radical (unpaired) electrons. The van der Waals surface area contributed by atoms with E-state index in [0.717, 1.165) is 40.9 Å². The van der Waals surface area contributed by atoms with Crippen LogP contribution in [0.15, 0.2) is 54.6 Å². The fourth-order valence-electron chi connectivity index (χ4n) is 4.41. The number of fused-ring (bicyclic) bond motifs is 1. The molecule has 0 saturated heterocycles. The summed E-state index contributed by atoms with van der Waals surface area (Å²) in [7, 11) is 0. The van der Waals surface area contributed by atoms with Crippen molar-refractivity contribution in [3.63, 3.8) is 0 Å². The summed E-state index contributed by atoms with van der Waals surface area (Å²) in [5.74, 6) is -1.02. The van der Waals surface area contributed by atoms with Gasteiger partial charge in [0.1, 0.15) is 0 Å². The molecule has 0 bridgehead atoms. The Balaban J connectivity index is 0.000000454. The monoisotopic (exact) mass is 467 g/mol. The molecule has 33 heavy (non-hydrogen) atoms. The van der Waals surface area contributed by atoms with Gasteiger partial charge in [0, 0.05) is 41.0 Å². The van der Waals surface area contributed by atoms with Crippen molar-refractivity contribution < 1.29 is 19.4 Å². The second-order valence-electron chi connectivity index (χ2n) is 8.94. The predicted molar refractivity (Wildman–Crippen MR) is 131 cm³/mol. The summed E-state index contributed by atoms with van der Waals surface area (Å²) in [6.07, 6.45) is 0.936. The molecule has 1 aliphatic rings. The number of aromatic nitrogens is 1. The van der Waals surface area contributed by atoms with Gasteiger partial charge in [-0.15, -0.1) is 0 Å². The minimum absolute atomic E-state index is 0.00781. The van der Waals surface area contributed by atoms with E-state index in [1.54, 1.807) is 6.92 Å². The van der Waals surface area contributed by atoms with Gasteiger partial charge < -0.3 is 14.4 Å². The molecule has 2 aromatic carbocycles. The van der Waals surface area contributed by atoms with Gasteiger partial charge in [-0.3, -0.25) is 9.59 Å². The smallest absolute Gasteiger partial charge is 0.309 e. The van der Waals surface area contributed by atoms with Crippen LogP contribution in [-0.4, -0.2) is 28.2 Å². The number of aliphatic carboxylic acids is 1. The van der Waals surface area contributed by atoms with Crippen LogP contribution in [0.4, 0.5) is 0 Å². The Hall–Kier alpha value is -3.05. The lowest BCUT2D eigenvalue weighted by Gasteiger charge is -2.18. The van der Waals surface area contributed by atoms with Crippen LogP contribution in [0, 0.1) is 5.41 Å². The van der Waals surface area contributed by atoms with Crippen LogP contribution in [0.25, 0.3) is 22.3 Å². The molecule has 0 amide bonds. The highest BCUT2D eigenvalue weighted by molar-refractivity contribution is 6.30. The molecule has 0 spiro atoms. The third kappa shape index (κ3) is 5.85. The van der Waals surface area contributed by atoms with Gasteiger partial charge in [-0.1, -0.05) is 67.9 Å². The van der Waals surface area contributed by atoms with Crippen molar-refractivity contribution in [1.29, 1.82) is 0 Å². The molecule has 1 aliphatic heterocycles. The average Bonchev–Trinajstić information content (AvgIpc) is 3.20. The van der Waals surface area contributed by atoms with E-state index in [2.05, 4.69) is 35.3 Å². The number of carboxylic acid groups (broad SMARTS) is 1. The number of benzene rings is 2. The van der Waals surface area contributed by atoms with Gasteiger partial charge >= 0.3 is 11.9 Å². The number of hydrogen-bond acceptors (Lipinski definition) is 3. The van der Waals surface area contributed by atoms with Crippen LogP contribution in [0.2, 0.25) is 5.02 Å². The summed E-state index contributed by atoms with van der Waals surface area (Å²) in [5, 5.41) is 10.3. The van der Waals surface area contributed by atoms with Gasteiger partial charge in [-0.05, 0) is 42.0 Å². The molecule has 4 rings (SSSR count). The van der Waals surface area contributed by atoms with Crippen LogP contribution in [0.5, 0.6) is 0 Å². The van der Waals surface area contributed by atoms with Gasteiger partial charge in [0.15, 0.2) is 0 Å². The van der Waals surface area contributed by atoms with E-state index < -0.39 is 5.97 Å². The molecule has 1 N–H and O–H groups in total. The standard InChI is InChI=1S/C23H22ClNO2.C4H8O2/c1-23(2)13-19-22(15-6-4-3-5-7-15)21(16-8-10-17(24)11-9-16)18(12-20(26)27)25(19)14-23;1-3-6-4(2)5/h3-11H,12-14H2,1-2H3,(H,26,27);3H2,1-2H3. The number of carbonyl (C=O) groups excluding carboxylic acids is 1. The van der Waals surface area contributed by atoms with Crippen LogP contribution in [0.1, 0.15) is 39.1 Å². The number of halogens is 1. The lowest BCUT2D eigenvalue weighted by atomic mass is 9.86. The highest BCUT2D eigenvalue weighted by atomic mass is 35.5. The first-order valence-electron chi connectivity index (χ1n) is 11.0. The molecule has 3 aromatic rings. The van der Waals surface area contributed by atoms with E-state index in [1.807, 2.05) is 42.5 Å². The number of ether oxygens (including phenoxy) is 1. The van der Waals surface area contributed by atoms with Crippen molar-refractivity contribution in [1.82, 2.24) is 4.57 Å². The van der Waals surface area contributed by atoms with Crippen molar-refractivity contribution in [3.8, 4) is 22.3 Å². The molecule has 0 unspecified atom stereocenters. The molecule has 0 saturated carbocycles. The van der Waals surface area contributed by atoms with Gasteiger partial charge in [0.2, 0.25) is 0 Å². The summed E-state index contributed by atoms with van der Waals surface area (Å²) >= 11 is 6.09. The lowest BCUT2D eigenvalue weighted by molar-refractivity contribution is -0.140. The number of rotatable bonds is 5. The first-order chi connectivity index (χ1) is 15.6. The van der Waals surface area contributed by atoms with Gasteiger partial charge in [-0.2, -0.15) is 0 Å². The first-order valence-corrected chi connectivity index (χ1v) is 11.4. The minimum atomic E-state index is -0.810. The van der Waals surface area contributed by atoms with Crippen molar-refractivity contribution in [2.24, 2.45) is 5.41 Å². The van der Waals surface area contributed by atoms with E-state index in [1.165, 1.54) is 12.6 Å². The summed E-state index contributed by atoms with van der Waals surface area (Å²) in [6.45, 7) is 8.96. The molecule has 6 heteroatoms. The Morgan fingerprint density at radius 2 is 1.64 bits per heavy atom. The fourth-order valence-corrected chi connectivity index (χ4v) is 4.53. The normalized spacial score (nSPS) is 13.6. The van der Waals surface area contributed by atoms with Gasteiger partial charge in [0.05, 0.1) is 13.0 Å². The first kappa shape index (κ1) is 24.6. The molecular weight excluding hydrogens is 438 g/mol. The summed E-state index contributed by atoms with van der Waals surface area (Å²) in [5.41, 5.74) is 6.53.